The Morgan fingerprint density at radius 2 is 1.92 bits per heavy atom. The topological polar surface area (TPSA) is 72.1 Å². The molecule has 1 fully saturated rings. The molecule has 6 nitrogen and oxygen atoms in total. The Bertz CT molecular complexity index is 842. The zero-order valence-electron chi connectivity index (χ0n) is 13.7. The fourth-order valence-corrected chi connectivity index (χ4v) is 2.89. The molecule has 4 rings (SSSR count). The quantitative estimate of drug-likeness (QED) is 0.717. The van der Waals surface area contributed by atoms with Gasteiger partial charge in [0.05, 0.1) is 5.92 Å². The first-order valence-electron chi connectivity index (χ1n) is 8.36. The van der Waals surface area contributed by atoms with E-state index in [0.717, 1.165) is 6.42 Å². The first-order valence-corrected chi connectivity index (χ1v) is 8.36. The fraction of sp³-hybridized carbons (Fsp3) is 0.263. The van der Waals surface area contributed by atoms with Crippen LogP contribution in [0.4, 0.5) is 0 Å². The van der Waals surface area contributed by atoms with Crippen LogP contribution >= 0.6 is 0 Å². The van der Waals surface area contributed by atoms with Gasteiger partial charge in [0.15, 0.2) is 0 Å². The zero-order valence-corrected chi connectivity index (χ0v) is 13.7. The van der Waals surface area contributed by atoms with Crippen LogP contribution < -0.4 is 0 Å². The molecule has 0 bridgehead atoms. The van der Waals surface area contributed by atoms with Gasteiger partial charge in [-0.1, -0.05) is 41.6 Å². The average Bonchev–Trinajstić information content (AvgIpc) is 3.10. The molecule has 25 heavy (non-hydrogen) atoms. The van der Waals surface area contributed by atoms with Crippen molar-refractivity contribution in [3.8, 4) is 11.5 Å². The number of hydrogen-bond donors (Lipinski definition) is 0. The first-order chi connectivity index (χ1) is 12.3. The Hall–Kier alpha value is -3.02. The summed E-state index contributed by atoms with van der Waals surface area (Å²) in [5.41, 5.74) is 1.87. The third kappa shape index (κ3) is 3.42. The monoisotopic (exact) mass is 334 g/mol. The summed E-state index contributed by atoms with van der Waals surface area (Å²) >= 11 is 0. The molecule has 1 aliphatic rings. The van der Waals surface area contributed by atoms with Gasteiger partial charge in [0.2, 0.25) is 17.6 Å². The number of hydrogen-bond acceptors (Lipinski definition) is 5. The highest BCUT2D eigenvalue weighted by molar-refractivity contribution is 5.77. The number of aromatic nitrogens is 3. The smallest absolute Gasteiger partial charge is 0.233 e. The SMILES string of the molecule is O=C(CCc1ccccc1)N1CC(c2nc(-c3ccccn3)no2)C1. The van der Waals surface area contributed by atoms with E-state index in [4.69, 9.17) is 4.52 Å². The molecule has 3 aromatic rings. The van der Waals surface area contributed by atoms with Gasteiger partial charge in [0, 0.05) is 25.7 Å². The summed E-state index contributed by atoms with van der Waals surface area (Å²) in [5.74, 6) is 1.35. The second kappa shape index (κ2) is 6.84. The van der Waals surface area contributed by atoms with E-state index < -0.39 is 0 Å². The minimum Gasteiger partial charge on any atom is -0.341 e. The summed E-state index contributed by atoms with van der Waals surface area (Å²) in [5, 5.41) is 3.98. The number of amides is 1. The van der Waals surface area contributed by atoms with Crippen LogP contribution in [0.1, 0.15) is 23.8 Å². The number of carbonyl (C=O) groups is 1. The molecule has 3 heterocycles. The molecule has 1 aliphatic heterocycles. The molecular formula is C19H18N4O2. The number of likely N-dealkylation sites (tertiary alicyclic amines) is 1. The Balaban J connectivity index is 1.30. The normalized spacial score (nSPS) is 14.3. The Morgan fingerprint density at radius 1 is 1.12 bits per heavy atom. The van der Waals surface area contributed by atoms with Gasteiger partial charge in [0.1, 0.15) is 5.69 Å². The van der Waals surface area contributed by atoms with Crippen molar-refractivity contribution in [3.05, 3.63) is 66.2 Å². The van der Waals surface area contributed by atoms with E-state index in [0.29, 0.717) is 36.9 Å². The molecule has 6 heteroatoms. The van der Waals surface area contributed by atoms with Gasteiger partial charge in [-0.3, -0.25) is 9.78 Å². The molecule has 0 saturated carbocycles. The van der Waals surface area contributed by atoms with Crippen LogP contribution in [0.15, 0.2) is 59.3 Å². The lowest BCUT2D eigenvalue weighted by atomic mass is 9.99. The fourth-order valence-electron chi connectivity index (χ4n) is 2.89. The molecule has 126 valence electrons. The van der Waals surface area contributed by atoms with Crippen LogP contribution in [0.2, 0.25) is 0 Å². The van der Waals surface area contributed by atoms with Crippen LogP contribution in [-0.4, -0.2) is 39.0 Å². The lowest BCUT2D eigenvalue weighted by molar-refractivity contribution is -0.135. The summed E-state index contributed by atoms with van der Waals surface area (Å²) in [6, 6.07) is 15.6. The zero-order chi connectivity index (χ0) is 17.1. The summed E-state index contributed by atoms with van der Waals surface area (Å²) in [7, 11) is 0. The van der Waals surface area contributed by atoms with E-state index in [2.05, 4.69) is 15.1 Å². The first kappa shape index (κ1) is 15.5. The van der Waals surface area contributed by atoms with Crippen molar-refractivity contribution in [2.75, 3.05) is 13.1 Å². The van der Waals surface area contributed by atoms with Gasteiger partial charge in [-0.2, -0.15) is 4.98 Å². The number of carbonyl (C=O) groups excluding carboxylic acids is 1. The van der Waals surface area contributed by atoms with E-state index in [1.54, 1.807) is 6.20 Å². The molecule has 0 atom stereocenters. The van der Waals surface area contributed by atoms with Gasteiger partial charge in [-0.05, 0) is 24.1 Å². The maximum absolute atomic E-state index is 12.3. The van der Waals surface area contributed by atoms with Crippen molar-refractivity contribution in [2.24, 2.45) is 0 Å². The van der Waals surface area contributed by atoms with E-state index in [1.807, 2.05) is 53.4 Å². The van der Waals surface area contributed by atoms with Crippen molar-refractivity contribution in [1.82, 2.24) is 20.0 Å². The molecule has 0 unspecified atom stereocenters. The summed E-state index contributed by atoms with van der Waals surface area (Å²) in [6.07, 6.45) is 2.99. The third-order valence-electron chi connectivity index (χ3n) is 4.39. The van der Waals surface area contributed by atoms with Crippen molar-refractivity contribution in [2.45, 2.75) is 18.8 Å². The van der Waals surface area contributed by atoms with Gasteiger partial charge < -0.3 is 9.42 Å². The molecule has 0 radical (unpaired) electrons. The van der Waals surface area contributed by atoms with Crippen molar-refractivity contribution < 1.29 is 9.32 Å². The molecule has 1 aromatic carbocycles. The lowest BCUT2D eigenvalue weighted by Crippen LogP contribution is -2.48. The van der Waals surface area contributed by atoms with Crippen LogP contribution in [0.3, 0.4) is 0 Å². The van der Waals surface area contributed by atoms with Crippen LogP contribution in [0, 0.1) is 0 Å². The molecule has 0 N–H and O–H groups in total. The number of pyridine rings is 1. The Kier molecular flexibility index (Phi) is 4.24. The number of rotatable bonds is 5. The van der Waals surface area contributed by atoms with Crippen molar-refractivity contribution in [1.29, 1.82) is 0 Å². The summed E-state index contributed by atoms with van der Waals surface area (Å²) < 4.78 is 5.34. The number of benzene rings is 1. The van der Waals surface area contributed by atoms with Gasteiger partial charge >= 0.3 is 0 Å². The van der Waals surface area contributed by atoms with E-state index in [9.17, 15) is 4.79 Å². The maximum atomic E-state index is 12.3. The number of nitrogens with zero attached hydrogens (tertiary/aromatic N) is 4. The van der Waals surface area contributed by atoms with Gasteiger partial charge in [-0.25, -0.2) is 0 Å². The van der Waals surface area contributed by atoms with Crippen LogP contribution in [-0.2, 0) is 11.2 Å². The highest BCUT2D eigenvalue weighted by Crippen LogP contribution is 2.27. The molecule has 1 amide bonds. The minimum absolute atomic E-state index is 0.116. The molecule has 2 aromatic heterocycles. The number of aryl methyl sites for hydroxylation is 1. The standard InChI is InChI=1S/C19H18N4O2/c24-17(10-9-14-6-2-1-3-7-14)23-12-15(13-23)19-21-18(22-25-19)16-8-4-5-11-20-16/h1-8,11,15H,9-10,12-13H2. The second-order valence-electron chi connectivity index (χ2n) is 6.15. The van der Waals surface area contributed by atoms with Crippen molar-refractivity contribution >= 4 is 5.91 Å². The molecular weight excluding hydrogens is 316 g/mol. The third-order valence-corrected chi connectivity index (χ3v) is 4.39. The van der Waals surface area contributed by atoms with Crippen LogP contribution in [0.25, 0.3) is 11.5 Å². The van der Waals surface area contributed by atoms with Crippen LogP contribution in [0.5, 0.6) is 0 Å². The largest absolute Gasteiger partial charge is 0.341 e. The predicted octanol–water partition coefficient (Wildman–Crippen LogP) is 2.69. The maximum Gasteiger partial charge on any atom is 0.233 e. The second-order valence-corrected chi connectivity index (χ2v) is 6.15. The van der Waals surface area contributed by atoms with E-state index in [-0.39, 0.29) is 11.8 Å². The highest BCUT2D eigenvalue weighted by Gasteiger charge is 2.35. The molecule has 0 spiro atoms. The average molecular weight is 334 g/mol. The Morgan fingerprint density at radius 3 is 2.68 bits per heavy atom. The summed E-state index contributed by atoms with van der Waals surface area (Å²) in [4.78, 5) is 22.7. The van der Waals surface area contributed by atoms with Crippen molar-refractivity contribution in [3.63, 3.8) is 0 Å². The lowest BCUT2D eigenvalue weighted by Gasteiger charge is -2.37. The summed E-state index contributed by atoms with van der Waals surface area (Å²) in [6.45, 7) is 1.27. The predicted molar refractivity (Wildman–Crippen MR) is 91.6 cm³/mol. The van der Waals surface area contributed by atoms with Gasteiger partial charge in [-0.15, -0.1) is 0 Å². The Labute approximate surface area is 145 Å². The molecule has 1 saturated heterocycles. The van der Waals surface area contributed by atoms with E-state index >= 15 is 0 Å². The minimum atomic E-state index is 0.116. The highest BCUT2D eigenvalue weighted by atomic mass is 16.5. The van der Waals surface area contributed by atoms with Gasteiger partial charge in [0.25, 0.3) is 0 Å². The molecule has 0 aliphatic carbocycles. The van der Waals surface area contributed by atoms with E-state index in [1.165, 1.54) is 5.56 Å².